The fourth-order valence-corrected chi connectivity index (χ4v) is 2.31. The van der Waals surface area contributed by atoms with Crippen LogP contribution in [0.15, 0.2) is 11.4 Å². The van der Waals surface area contributed by atoms with E-state index >= 15 is 0 Å². The lowest BCUT2D eigenvalue weighted by Gasteiger charge is -2.17. The van der Waals surface area contributed by atoms with Crippen LogP contribution in [-0.2, 0) is 6.54 Å². The van der Waals surface area contributed by atoms with Crippen molar-refractivity contribution >= 4 is 12.0 Å². The molecule has 0 saturated heterocycles. The minimum absolute atomic E-state index is 0.173. The molecule has 1 saturated carbocycles. The maximum atomic E-state index is 13.1. The summed E-state index contributed by atoms with van der Waals surface area (Å²) in [4.78, 5) is 8.41. The Labute approximate surface area is 98.5 Å². The Morgan fingerprint density at radius 3 is 3.12 bits per heavy atom. The fourth-order valence-electron chi connectivity index (χ4n) is 2.31. The van der Waals surface area contributed by atoms with Crippen molar-refractivity contribution in [3.63, 3.8) is 0 Å². The van der Waals surface area contributed by atoms with Crippen LogP contribution in [0.1, 0.15) is 30.5 Å². The molecule has 2 N–H and O–H groups in total. The molecule has 3 rings (SSSR count). The first kappa shape index (κ1) is 10.4. The van der Waals surface area contributed by atoms with E-state index in [-0.39, 0.29) is 6.04 Å². The van der Waals surface area contributed by atoms with Crippen molar-refractivity contribution in [3.05, 3.63) is 17.6 Å². The van der Waals surface area contributed by atoms with Gasteiger partial charge < -0.3 is 10.7 Å². The van der Waals surface area contributed by atoms with Gasteiger partial charge in [-0.2, -0.15) is 5.10 Å². The van der Waals surface area contributed by atoms with Gasteiger partial charge in [0.1, 0.15) is 18.3 Å². The van der Waals surface area contributed by atoms with Crippen LogP contribution in [0, 0.1) is 0 Å². The first-order valence-corrected chi connectivity index (χ1v) is 5.83. The van der Waals surface area contributed by atoms with Gasteiger partial charge in [-0.15, -0.1) is 0 Å². The van der Waals surface area contributed by atoms with Crippen molar-refractivity contribution in [1.29, 1.82) is 0 Å². The van der Waals surface area contributed by atoms with Crippen LogP contribution in [0.2, 0.25) is 0 Å². The summed E-state index contributed by atoms with van der Waals surface area (Å²) in [6.07, 6.45) is 4.62. The smallest absolute Gasteiger partial charge is 0.138 e. The normalized spacial score (nSPS) is 26.4. The fraction of sp³-hybridized carbons (Fsp3) is 0.545. The molecule has 1 aromatic heterocycles. The lowest BCUT2D eigenvalue weighted by atomic mass is 10.2. The summed E-state index contributed by atoms with van der Waals surface area (Å²) in [7, 11) is 0. The summed E-state index contributed by atoms with van der Waals surface area (Å²) >= 11 is 0. The molecule has 5 nitrogen and oxygen atoms in total. The van der Waals surface area contributed by atoms with Gasteiger partial charge in [-0.3, -0.25) is 0 Å². The second-order valence-corrected chi connectivity index (χ2v) is 4.43. The molecule has 2 aliphatic rings. The summed E-state index contributed by atoms with van der Waals surface area (Å²) in [6, 6.07) is 0.173. The SMILES string of the molecule is F[C@H]1CC[C@@H](Nc2ncnc3c2C=NNC3)C1. The van der Waals surface area contributed by atoms with Crippen LogP contribution < -0.4 is 10.7 Å². The molecule has 2 heterocycles. The zero-order valence-corrected chi connectivity index (χ0v) is 9.36. The Hall–Kier alpha value is -1.72. The summed E-state index contributed by atoms with van der Waals surface area (Å²) in [5.74, 6) is 0.763. The van der Waals surface area contributed by atoms with Gasteiger partial charge in [0.25, 0.3) is 0 Å². The van der Waals surface area contributed by atoms with Crippen LogP contribution in [0.4, 0.5) is 10.2 Å². The maximum absolute atomic E-state index is 13.1. The monoisotopic (exact) mass is 235 g/mol. The van der Waals surface area contributed by atoms with E-state index in [1.807, 2.05) is 0 Å². The maximum Gasteiger partial charge on any atom is 0.138 e. The second-order valence-electron chi connectivity index (χ2n) is 4.43. The van der Waals surface area contributed by atoms with Crippen molar-refractivity contribution in [3.8, 4) is 0 Å². The van der Waals surface area contributed by atoms with Gasteiger partial charge in [0.2, 0.25) is 0 Å². The summed E-state index contributed by atoms with van der Waals surface area (Å²) in [5, 5.41) is 7.29. The lowest BCUT2D eigenvalue weighted by molar-refractivity contribution is 0.341. The van der Waals surface area contributed by atoms with Crippen LogP contribution in [0.25, 0.3) is 0 Å². The van der Waals surface area contributed by atoms with E-state index in [0.717, 1.165) is 23.5 Å². The van der Waals surface area contributed by atoms with Crippen LogP contribution in [0.3, 0.4) is 0 Å². The zero-order chi connectivity index (χ0) is 11.7. The molecule has 0 radical (unpaired) electrons. The number of nitrogens with zero attached hydrogens (tertiary/aromatic N) is 3. The van der Waals surface area contributed by atoms with Gasteiger partial charge in [-0.1, -0.05) is 0 Å². The van der Waals surface area contributed by atoms with Crippen molar-refractivity contribution in [2.24, 2.45) is 5.10 Å². The van der Waals surface area contributed by atoms with Crippen molar-refractivity contribution in [2.75, 3.05) is 5.32 Å². The third kappa shape index (κ3) is 2.07. The van der Waals surface area contributed by atoms with Gasteiger partial charge in [0, 0.05) is 6.04 Å². The van der Waals surface area contributed by atoms with Gasteiger partial charge in [0.15, 0.2) is 0 Å². The summed E-state index contributed by atoms with van der Waals surface area (Å²) in [6.45, 7) is 0.611. The average molecular weight is 235 g/mol. The number of alkyl halides is 1. The Morgan fingerprint density at radius 1 is 1.35 bits per heavy atom. The van der Waals surface area contributed by atoms with E-state index in [0.29, 0.717) is 19.4 Å². The largest absolute Gasteiger partial charge is 0.367 e. The molecule has 0 unspecified atom stereocenters. The standard InChI is InChI=1S/C11H14FN5/c12-7-1-2-8(3-7)17-11-9-4-15-16-5-10(9)13-6-14-11/h4,6-8,16H,1-3,5H2,(H,13,14,17)/t7-,8+/m0/s1. The molecule has 1 fully saturated rings. The lowest BCUT2D eigenvalue weighted by Crippen LogP contribution is -2.22. The van der Waals surface area contributed by atoms with Gasteiger partial charge in [-0.05, 0) is 19.3 Å². The molecule has 1 aromatic rings. The highest BCUT2D eigenvalue weighted by molar-refractivity contribution is 5.88. The van der Waals surface area contributed by atoms with Crippen molar-refractivity contribution < 1.29 is 4.39 Å². The highest BCUT2D eigenvalue weighted by atomic mass is 19.1. The Kier molecular flexibility index (Phi) is 2.62. The number of hydrogen-bond acceptors (Lipinski definition) is 5. The summed E-state index contributed by atoms with van der Waals surface area (Å²) in [5.41, 5.74) is 4.69. The van der Waals surface area contributed by atoms with E-state index in [2.05, 4.69) is 25.8 Å². The van der Waals surface area contributed by atoms with E-state index in [1.165, 1.54) is 6.33 Å². The predicted molar refractivity (Wildman–Crippen MR) is 62.6 cm³/mol. The van der Waals surface area contributed by atoms with Gasteiger partial charge >= 0.3 is 0 Å². The molecule has 0 aromatic carbocycles. The Bertz CT molecular complexity index is 447. The molecule has 17 heavy (non-hydrogen) atoms. The molecule has 0 spiro atoms. The number of fused-ring (bicyclic) bond motifs is 1. The Morgan fingerprint density at radius 2 is 2.29 bits per heavy atom. The molecule has 1 aliphatic carbocycles. The Balaban J connectivity index is 1.82. The van der Waals surface area contributed by atoms with Gasteiger partial charge in [-0.25, -0.2) is 14.4 Å². The molecule has 1 aliphatic heterocycles. The van der Waals surface area contributed by atoms with E-state index < -0.39 is 6.17 Å². The highest BCUT2D eigenvalue weighted by Crippen LogP contribution is 2.26. The minimum atomic E-state index is -0.680. The minimum Gasteiger partial charge on any atom is -0.367 e. The second kappa shape index (κ2) is 4.27. The highest BCUT2D eigenvalue weighted by Gasteiger charge is 2.25. The third-order valence-electron chi connectivity index (χ3n) is 3.21. The molecular weight excluding hydrogens is 221 g/mol. The molecule has 0 amide bonds. The van der Waals surface area contributed by atoms with E-state index in [1.54, 1.807) is 6.21 Å². The average Bonchev–Trinajstić information content (AvgIpc) is 2.75. The first-order chi connectivity index (χ1) is 8.33. The summed E-state index contributed by atoms with van der Waals surface area (Å²) < 4.78 is 13.1. The molecule has 6 heteroatoms. The molecule has 90 valence electrons. The number of nitrogens with one attached hydrogen (secondary N) is 2. The van der Waals surface area contributed by atoms with E-state index in [4.69, 9.17) is 0 Å². The van der Waals surface area contributed by atoms with Crippen LogP contribution in [-0.4, -0.2) is 28.4 Å². The number of hydrogen-bond donors (Lipinski definition) is 2. The number of hydrazone groups is 1. The van der Waals surface area contributed by atoms with Crippen LogP contribution in [0.5, 0.6) is 0 Å². The van der Waals surface area contributed by atoms with Gasteiger partial charge in [0.05, 0.1) is 24.0 Å². The number of aromatic nitrogens is 2. The van der Waals surface area contributed by atoms with Crippen molar-refractivity contribution in [1.82, 2.24) is 15.4 Å². The first-order valence-electron chi connectivity index (χ1n) is 5.83. The quantitative estimate of drug-likeness (QED) is 0.809. The number of anilines is 1. The van der Waals surface area contributed by atoms with Crippen LogP contribution >= 0.6 is 0 Å². The van der Waals surface area contributed by atoms with Crippen molar-refractivity contribution in [2.45, 2.75) is 38.0 Å². The molecule has 0 bridgehead atoms. The molecule has 2 atom stereocenters. The predicted octanol–water partition coefficient (Wildman–Crippen LogP) is 1.22. The number of halogens is 1. The molecular formula is C11H14FN5. The van der Waals surface area contributed by atoms with E-state index in [9.17, 15) is 4.39 Å². The third-order valence-corrected chi connectivity index (χ3v) is 3.21. The zero-order valence-electron chi connectivity index (χ0n) is 9.36. The number of rotatable bonds is 2. The topological polar surface area (TPSA) is 62.2 Å².